The molecule has 1 aromatic carbocycles. The summed E-state index contributed by atoms with van der Waals surface area (Å²) in [5, 5.41) is 15.8. The van der Waals surface area contributed by atoms with E-state index in [1.165, 1.54) is 14.2 Å². The number of aromatic nitrogens is 2. The molecule has 0 aliphatic heterocycles. The van der Waals surface area contributed by atoms with Crippen LogP contribution in [0.25, 0.3) is 10.9 Å². The van der Waals surface area contributed by atoms with Crippen molar-refractivity contribution >= 4 is 36.5 Å². The van der Waals surface area contributed by atoms with Crippen LogP contribution in [0.2, 0.25) is 5.79 Å². The van der Waals surface area contributed by atoms with Gasteiger partial charge < -0.3 is 20.3 Å². The van der Waals surface area contributed by atoms with Gasteiger partial charge in [-0.25, -0.2) is 4.39 Å². The van der Waals surface area contributed by atoms with E-state index in [-0.39, 0.29) is 32.5 Å². The Morgan fingerprint density at radius 2 is 2.09 bits per heavy atom. The van der Waals surface area contributed by atoms with Crippen molar-refractivity contribution in [3.05, 3.63) is 11.5 Å². The average Bonchev–Trinajstić information content (AvgIpc) is 2.90. The van der Waals surface area contributed by atoms with Gasteiger partial charge in [-0.05, 0) is 4.43 Å². The number of aliphatic carboxylic acids is 1. The fourth-order valence-electron chi connectivity index (χ4n) is 2.35. The summed E-state index contributed by atoms with van der Waals surface area (Å²) in [6.45, 7) is 0. The molecule has 0 saturated carbocycles. The van der Waals surface area contributed by atoms with Crippen LogP contribution in [0.15, 0.2) is 0 Å². The van der Waals surface area contributed by atoms with E-state index in [0.29, 0.717) is 21.6 Å². The molecule has 0 saturated heterocycles. The van der Waals surface area contributed by atoms with Crippen LogP contribution in [0, 0.1) is 5.82 Å². The first-order valence-electron chi connectivity index (χ1n) is 6.54. The van der Waals surface area contributed by atoms with Gasteiger partial charge >= 0.3 is 5.97 Å². The van der Waals surface area contributed by atoms with Crippen LogP contribution in [0.3, 0.4) is 0 Å². The highest BCUT2D eigenvalue weighted by molar-refractivity contribution is 6.54. The molecule has 0 aliphatic carbocycles. The van der Waals surface area contributed by atoms with E-state index in [1.807, 2.05) is 5.79 Å². The molecule has 1 unspecified atom stereocenters. The topological polar surface area (TPSA) is 110 Å². The van der Waals surface area contributed by atoms with Crippen molar-refractivity contribution in [1.29, 1.82) is 0 Å². The molecular weight excluding hydrogens is 308 g/mol. The molecule has 1 atom stereocenters. The summed E-state index contributed by atoms with van der Waals surface area (Å²) in [5.41, 5.74) is 6.12. The number of methoxy groups -OCH3 is 2. The van der Waals surface area contributed by atoms with E-state index in [1.54, 1.807) is 0 Å². The molecule has 1 aromatic heterocycles. The van der Waals surface area contributed by atoms with Gasteiger partial charge in [0.1, 0.15) is 17.4 Å². The Labute approximate surface area is 132 Å². The summed E-state index contributed by atoms with van der Waals surface area (Å²) >= 11 is -0.387. The number of hydrogen-bond donors (Lipinski definition) is 3. The third kappa shape index (κ3) is 2.63. The molecule has 1 heterocycles. The number of benzene rings is 1. The Balaban J connectivity index is 2.71. The maximum absolute atomic E-state index is 14.8. The lowest BCUT2D eigenvalue weighted by molar-refractivity contribution is -0.138. The van der Waals surface area contributed by atoms with Gasteiger partial charge in [0, 0.05) is 12.1 Å². The second kappa shape index (κ2) is 6.52. The van der Waals surface area contributed by atoms with Gasteiger partial charge in [-0.15, -0.1) is 5.79 Å². The number of aromatic amines is 1. The number of halogens is 1. The van der Waals surface area contributed by atoms with Crippen LogP contribution in [-0.4, -0.2) is 56.8 Å². The molecule has 9 heteroatoms. The number of H-pyrrole nitrogens is 1. The van der Waals surface area contributed by atoms with Crippen LogP contribution in [0.4, 0.5) is 4.39 Å². The molecule has 2 aromatic rings. The molecule has 0 aliphatic rings. The molecule has 2 rings (SSSR count). The third-order valence-corrected chi connectivity index (χ3v) is 4.49. The highest BCUT2D eigenvalue weighted by atomic mass is 27.1. The number of carbonyl (C=O) groups is 1. The Morgan fingerprint density at radius 3 is 2.59 bits per heavy atom. The Morgan fingerprint density at radius 1 is 1.45 bits per heavy atom. The highest BCUT2D eigenvalue weighted by Gasteiger charge is 2.26. The van der Waals surface area contributed by atoms with Crippen molar-refractivity contribution in [3.63, 3.8) is 0 Å². The Kier molecular flexibility index (Phi) is 4.91. The number of carboxylic acid groups (broad SMARTS) is 1. The first-order chi connectivity index (χ1) is 10.5. The molecule has 1 radical (unpaired) electrons. The van der Waals surface area contributed by atoms with Crippen molar-refractivity contribution < 1.29 is 23.8 Å². The quantitative estimate of drug-likeness (QED) is 0.648. The number of nitrogens with one attached hydrogen (secondary N) is 1. The standard InChI is InChI=1S/C12H13FN3O4.CH3.Al/c1-19-8-3-5(13)9-7(4-6(14)12(17)18)15-16-10(9)11(8)20-2;;/h6H,4,14H2,1-2H3,(H,15,16)(H,17,18);1H3;. The van der Waals surface area contributed by atoms with Crippen LogP contribution in [0.5, 0.6) is 11.5 Å². The van der Waals surface area contributed by atoms with E-state index in [4.69, 9.17) is 20.3 Å². The van der Waals surface area contributed by atoms with Crippen LogP contribution < -0.4 is 19.6 Å². The summed E-state index contributed by atoms with van der Waals surface area (Å²) in [6.07, 6.45) is -0.0588. The van der Waals surface area contributed by atoms with Gasteiger partial charge in [-0.1, -0.05) is 0 Å². The second-order valence-electron chi connectivity index (χ2n) is 4.66. The molecule has 117 valence electrons. The molecule has 0 fully saturated rings. The fourth-order valence-corrected chi connectivity index (χ4v) is 3.26. The Bertz CT molecular complexity index is 719. The smallest absolute Gasteiger partial charge is 0.320 e. The van der Waals surface area contributed by atoms with Crippen molar-refractivity contribution in [3.8, 4) is 11.5 Å². The highest BCUT2D eigenvalue weighted by Crippen LogP contribution is 2.36. The fraction of sp³-hybridized carbons (Fsp3) is 0.385. The van der Waals surface area contributed by atoms with Gasteiger partial charge in [-0.3, -0.25) is 9.89 Å². The number of hydrogen-bond acceptors (Lipinski definition) is 5. The number of ether oxygens (including phenoxy) is 2. The van der Waals surface area contributed by atoms with Gasteiger partial charge in [-0.2, -0.15) is 5.10 Å². The molecule has 22 heavy (non-hydrogen) atoms. The monoisotopic (exact) mass is 324 g/mol. The number of rotatable bonds is 6. The maximum atomic E-state index is 14.8. The Hall–Kier alpha value is -1.82. The van der Waals surface area contributed by atoms with E-state index in [0.717, 1.165) is 0 Å². The predicted molar refractivity (Wildman–Crippen MR) is 79.7 cm³/mol. The summed E-state index contributed by atoms with van der Waals surface area (Å²) < 4.78 is 25.8. The lowest BCUT2D eigenvalue weighted by Gasteiger charge is -2.14. The number of nitrogens with two attached hydrogens (primary N) is 1. The minimum Gasteiger partial charge on any atom is -0.494 e. The molecular formula is C13H16AlFN3O4. The van der Waals surface area contributed by atoms with Gasteiger partial charge in [0.15, 0.2) is 11.5 Å². The molecule has 0 bridgehead atoms. The average molecular weight is 324 g/mol. The molecule has 0 spiro atoms. The zero-order valence-corrected chi connectivity index (χ0v) is 13.6. The molecule has 7 nitrogen and oxygen atoms in total. The van der Waals surface area contributed by atoms with Crippen LogP contribution in [-0.2, 0) is 11.2 Å². The largest absolute Gasteiger partial charge is 0.494 e. The molecule has 4 N–H and O–H groups in total. The van der Waals surface area contributed by atoms with E-state index < -0.39 is 17.8 Å². The van der Waals surface area contributed by atoms with Gasteiger partial charge in [0.05, 0.1) is 19.6 Å². The zero-order valence-electron chi connectivity index (χ0n) is 12.4. The van der Waals surface area contributed by atoms with Crippen molar-refractivity contribution in [2.75, 3.05) is 14.2 Å². The van der Waals surface area contributed by atoms with E-state index in [2.05, 4.69) is 10.2 Å². The van der Waals surface area contributed by atoms with Crippen molar-refractivity contribution in [2.45, 2.75) is 18.2 Å². The SMILES string of the molecule is COc1[c]([Al][CH3])c(F)c2c(CC(N)C(=O)O)[nH]nc2c1OC. The summed E-state index contributed by atoms with van der Waals surface area (Å²) in [6, 6.07) is -1.14. The van der Waals surface area contributed by atoms with Crippen LogP contribution in [0.1, 0.15) is 5.69 Å². The van der Waals surface area contributed by atoms with Crippen LogP contribution >= 0.6 is 0 Å². The van der Waals surface area contributed by atoms with Crippen molar-refractivity contribution in [2.24, 2.45) is 5.73 Å². The maximum Gasteiger partial charge on any atom is 0.320 e. The lowest BCUT2D eigenvalue weighted by atomic mass is 10.1. The first-order valence-corrected chi connectivity index (χ1v) is 8.27. The summed E-state index contributed by atoms with van der Waals surface area (Å²) in [5.74, 6) is 0.895. The minimum atomic E-state index is -1.16. The molecule has 0 amide bonds. The minimum absolute atomic E-state index is 0.0588. The number of fused-ring (bicyclic) bond motifs is 1. The third-order valence-electron chi connectivity index (χ3n) is 3.40. The second-order valence-corrected chi connectivity index (χ2v) is 5.81. The van der Waals surface area contributed by atoms with Gasteiger partial charge in [0.25, 0.3) is 15.2 Å². The lowest BCUT2D eigenvalue weighted by Crippen LogP contribution is -2.32. The first kappa shape index (κ1) is 16.6. The van der Waals surface area contributed by atoms with Crippen molar-refractivity contribution in [1.82, 2.24) is 10.2 Å². The van der Waals surface area contributed by atoms with E-state index >= 15 is 0 Å². The predicted octanol–water partition coefficient (Wildman–Crippen LogP) is 0.0512. The van der Waals surface area contributed by atoms with Gasteiger partial charge in [0.2, 0.25) is 0 Å². The number of carboxylic acids is 1. The summed E-state index contributed by atoms with van der Waals surface area (Å²) in [7, 11) is 2.89. The summed E-state index contributed by atoms with van der Waals surface area (Å²) in [4.78, 5) is 10.9. The zero-order chi connectivity index (χ0) is 16.4. The number of nitrogens with zero attached hydrogens (tertiary/aromatic N) is 1. The van der Waals surface area contributed by atoms with E-state index in [9.17, 15) is 9.18 Å². The normalized spacial score (nSPS) is 12.2.